The third-order valence-corrected chi connectivity index (χ3v) is 8.88. The Labute approximate surface area is 291 Å². The van der Waals surface area contributed by atoms with Crippen molar-refractivity contribution in [3.8, 4) is 18.6 Å². The van der Waals surface area contributed by atoms with E-state index in [1.807, 2.05) is 37.3 Å². The number of nitrogens with zero attached hydrogens (tertiary/aromatic N) is 2. The molecule has 0 bridgehead atoms. The van der Waals surface area contributed by atoms with Crippen molar-refractivity contribution in [2.24, 2.45) is 5.92 Å². The third-order valence-electron chi connectivity index (χ3n) is 8.88. The van der Waals surface area contributed by atoms with Gasteiger partial charge < -0.3 is 19.2 Å². The summed E-state index contributed by atoms with van der Waals surface area (Å²) in [7, 11) is 3.82. The maximum atomic E-state index is 13.2. The van der Waals surface area contributed by atoms with E-state index in [-0.39, 0.29) is 5.82 Å². The van der Waals surface area contributed by atoms with E-state index in [1.54, 1.807) is 13.2 Å². The van der Waals surface area contributed by atoms with Gasteiger partial charge in [-0.25, -0.2) is 4.39 Å². The molecule has 2 aliphatic rings. The number of likely N-dealkylation sites (tertiary alicyclic amines) is 1. The van der Waals surface area contributed by atoms with Crippen LogP contribution in [0.15, 0.2) is 78.1 Å². The van der Waals surface area contributed by atoms with Gasteiger partial charge in [0.15, 0.2) is 0 Å². The van der Waals surface area contributed by atoms with Crippen molar-refractivity contribution in [2.75, 3.05) is 38.8 Å². The summed E-state index contributed by atoms with van der Waals surface area (Å²) in [6, 6.07) is 14.5. The molecule has 2 aromatic rings. The van der Waals surface area contributed by atoms with E-state index in [0.717, 1.165) is 61.5 Å². The Morgan fingerprint density at radius 3 is 2.38 bits per heavy atom. The molecule has 0 amide bonds. The number of aryl methyl sites for hydroxylation is 2. The Kier molecular flexibility index (Phi) is 21.4. The van der Waals surface area contributed by atoms with Crippen LogP contribution in [0.5, 0.6) is 5.75 Å². The topological polar surface area (TPSA) is 42.0 Å². The normalized spacial score (nSPS) is 18.8. The Morgan fingerprint density at radius 2 is 1.81 bits per heavy atom. The smallest absolute Gasteiger partial charge is 0.133 e. The molecule has 5 nitrogen and oxygen atoms in total. The van der Waals surface area contributed by atoms with Gasteiger partial charge in [-0.15, -0.1) is 12.8 Å². The average Bonchev–Trinajstić information content (AvgIpc) is 3.72. The Hall–Kier alpha value is -3.82. The van der Waals surface area contributed by atoms with Gasteiger partial charge in [-0.3, -0.25) is 4.90 Å². The van der Waals surface area contributed by atoms with Crippen molar-refractivity contribution < 1.29 is 18.7 Å². The fourth-order valence-corrected chi connectivity index (χ4v) is 6.11. The minimum absolute atomic E-state index is 0.121. The second kappa shape index (κ2) is 24.3. The molecule has 2 unspecified atom stereocenters. The first kappa shape index (κ1) is 42.2. The lowest BCUT2D eigenvalue weighted by molar-refractivity contribution is -0.109. The second-order valence-corrected chi connectivity index (χ2v) is 12.2. The van der Waals surface area contributed by atoms with Crippen molar-refractivity contribution in [1.29, 1.82) is 0 Å². The van der Waals surface area contributed by atoms with Crippen LogP contribution in [-0.4, -0.2) is 57.1 Å². The van der Waals surface area contributed by atoms with Crippen molar-refractivity contribution >= 4 is 12.0 Å². The van der Waals surface area contributed by atoms with Crippen LogP contribution in [0.25, 0.3) is 0 Å². The molecule has 48 heavy (non-hydrogen) atoms. The van der Waals surface area contributed by atoms with Crippen LogP contribution >= 0.6 is 0 Å². The molecule has 2 heterocycles. The van der Waals surface area contributed by atoms with Gasteiger partial charge in [0.25, 0.3) is 0 Å². The molecule has 0 N–H and O–H groups in total. The molecule has 4 rings (SSSR count). The summed E-state index contributed by atoms with van der Waals surface area (Å²) in [5.74, 6) is 2.42. The zero-order chi connectivity index (χ0) is 35.9. The summed E-state index contributed by atoms with van der Waals surface area (Å²) in [5.41, 5.74) is 4.41. The number of methoxy groups -OCH3 is 1. The highest BCUT2D eigenvalue weighted by Crippen LogP contribution is 2.26. The van der Waals surface area contributed by atoms with Crippen LogP contribution in [0.2, 0.25) is 0 Å². The van der Waals surface area contributed by atoms with Crippen molar-refractivity contribution in [2.45, 2.75) is 98.6 Å². The summed E-state index contributed by atoms with van der Waals surface area (Å²) in [5, 5.41) is 0. The number of hydrogen-bond donors (Lipinski definition) is 0. The van der Waals surface area contributed by atoms with Crippen LogP contribution in [0.4, 0.5) is 10.1 Å². The number of allylic oxidation sites excluding steroid dienone is 4. The van der Waals surface area contributed by atoms with Crippen molar-refractivity contribution in [3.63, 3.8) is 0 Å². The standard InChI is InChI=1S/C16H23NO2.C15H24FN.C9H12O.C2H2/c1-3-15-7-10-19-16(15)6-4-5-14-11-13(2)17(12-14)8-9-18;1-5-7-13(8-6-2)17(4)14-9-10-15(16)12(3)11-14;1-3-8-6-4-5-7-9(8)10-2;1-2/h3-6,9,13-14H,7-8,10-12H2,1-2H3;9-11,13H,5-8H2,1-4H3;4-7H,3H2,1-2H3;1-2H/b5-4+,15-3-,16-6+;;;. The van der Waals surface area contributed by atoms with Crippen LogP contribution < -0.4 is 9.64 Å². The lowest BCUT2D eigenvalue weighted by Gasteiger charge is -2.30. The Morgan fingerprint density at radius 1 is 1.12 bits per heavy atom. The summed E-state index contributed by atoms with van der Waals surface area (Å²) in [6.07, 6.45) is 25.5. The molecule has 6 heteroatoms. The summed E-state index contributed by atoms with van der Waals surface area (Å²) in [6.45, 7) is 14.9. The van der Waals surface area contributed by atoms with Crippen molar-refractivity contribution in [1.82, 2.24) is 4.90 Å². The number of rotatable bonds is 12. The van der Waals surface area contributed by atoms with Gasteiger partial charge in [0.1, 0.15) is 23.6 Å². The number of benzene rings is 2. The van der Waals surface area contributed by atoms with Crippen molar-refractivity contribution in [3.05, 3.63) is 95.0 Å². The number of hydrogen-bond acceptors (Lipinski definition) is 5. The fourth-order valence-electron chi connectivity index (χ4n) is 6.11. The maximum Gasteiger partial charge on any atom is 0.133 e. The van der Waals surface area contributed by atoms with E-state index in [9.17, 15) is 9.18 Å². The number of anilines is 1. The van der Waals surface area contributed by atoms with Crippen LogP contribution in [0.3, 0.4) is 0 Å². The lowest BCUT2D eigenvalue weighted by Crippen LogP contribution is -2.31. The summed E-state index contributed by atoms with van der Waals surface area (Å²) >= 11 is 0. The molecule has 0 radical (unpaired) electrons. The SMILES string of the molecule is C#C.C/C=C1/CCO/C1=C/C=C/C1CC(C)N(CC=O)C1.CCCC(CCC)N(C)c1ccc(F)c(C)c1.CCc1ccccc1OC. The second-order valence-electron chi connectivity index (χ2n) is 12.2. The van der Waals surface area contributed by atoms with E-state index in [4.69, 9.17) is 9.47 Å². The minimum atomic E-state index is -0.121. The van der Waals surface area contributed by atoms with Crippen LogP contribution in [0, 0.1) is 31.5 Å². The molecule has 0 aromatic heterocycles. The Balaban J connectivity index is 0.000000366. The summed E-state index contributed by atoms with van der Waals surface area (Å²) < 4.78 is 24.0. The van der Waals surface area contributed by atoms with Gasteiger partial charge in [-0.05, 0) is 99.4 Å². The van der Waals surface area contributed by atoms with E-state index >= 15 is 0 Å². The molecule has 2 aliphatic heterocycles. The average molecular weight is 661 g/mol. The first-order valence-electron chi connectivity index (χ1n) is 17.5. The molecule has 0 aliphatic carbocycles. The molecule has 0 saturated carbocycles. The zero-order valence-corrected chi connectivity index (χ0v) is 30.9. The van der Waals surface area contributed by atoms with Gasteiger partial charge in [-0.1, -0.05) is 70.0 Å². The highest BCUT2D eigenvalue weighted by Gasteiger charge is 2.26. The predicted octanol–water partition coefficient (Wildman–Crippen LogP) is 9.75. The molecule has 2 fully saturated rings. The van der Waals surface area contributed by atoms with Crippen LogP contribution in [0.1, 0.15) is 84.3 Å². The third kappa shape index (κ3) is 14.1. The molecular formula is C42H61FN2O3. The summed E-state index contributed by atoms with van der Waals surface area (Å²) in [4.78, 5) is 15.1. The number of aldehydes is 1. The molecule has 2 aromatic carbocycles. The maximum absolute atomic E-state index is 13.2. The molecular weight excluding hydrogens is 599 g/mol. The van der Waals surface area contributed by atoms with Gasteiger partial charge in [-0.2, -0.15) is 0 Å². The molecule has 2 atom stereocenters. The lowest BCUT2D eigenvalue weighted by atomic mass is 10.0. The molecule has 264 valence electrons. The van der Waals surface area contributed by atoms with E-state index in [2.05, 4.69) is 94.7 Å². The van der Waals surface area contributed by atoms with E-state index < -0.39 is 0 Å². The highest BCUT2D eigenvalue weighted by atomic mass is 19.1. The van der Waals surface area contributed by atoms with E-state index in [0.29, 0.717) is 24.5 Å². The molecule has 0 spiro atoms. The van der Waals surface area contributed by atoms with E-state index in [1.165, 1.54) is 36.8 Å². The highest BCUT2D eigenvalue weighted by molar-refractivity contribution is 5.52. The first-order valence-corrected chi connectivity index (χ1v) is 17.5. The number of ether oxygens (including phenoxy) is 2. The zero-order valence-electron chi connectivity index (χ0n) is 30.9. The van der Waals surface area contributed by atoms with Gasteiger partial charge in [0, 0.05) is 37.8 Å². The monoisotopic (exact) mass is 660 g/mol. The number of halogens is 1. The molecule has 2 saturated heterocycles. The minimum Gasteiger partial charge on any atom is -0.496 e. The van der Waals surface area contributed by atoms with Gasteiger partial charge in [0.05, 0.1) is 20.3 Å². The Bertz CT molecular complexity index is 1290. The fraction of sp³-hybridized carbons (Fsp3) is 0.500. The number of para-hydroxylation sites is 1. The first-order chi connectivity index (χ1) is 23.2. The van der Waals surface area contributed by atoms with Crippen LogP contribution in [-0.2, 0) is 16.0 Å². The predicted molar refractivity (Wildman–Crippen MR) is 202 cm³/mol. The number of terminal acetylenes is 1. The number of carbonyl (C=O) groups excluding carboxylic acids is 1. The number of carbonyl (C=O) groups is 1. The largest absolute Gasteiger partial charge is 0.496 e. The van der Waals surface area contributed by atoms with Gasteiger partial charge >= 0.3 is 0 Å². The van der Waals surface area contributed by atoms with Gasteiger partial charge in [0.2, 0.25) is 0 Å². The quantitative estimate of drug-likeness (QED) is 0.168.